The average molecular weight is 361 g/mol. The van der Waals surface area contributed by atoms with Gasteiger partial charge in [-0.1, -0.05) is 6.92 Å². The van der Waals surface area contributed by atoms with Crippen molar-refractivity contribution in [2.24, 2.45) is 17.8 Å². The number of hydrogen-bond donors (Lipinski definition) is 1. The Kier molecular flexibility index (Phi) is 5.69. The van der Waals surface area contributed by atoms with Crippen LogP contribution in [0.25, 0.3) is 0 Å². The van der Waals surface area contributed by atoms with Gasteiger partial charge in [0.05, 0.1) is 19.1 Å². The van der Waals surface area contributed by atoms with E-state index in [1.54, 1.807) is 23.1 Å². The number of carbonyl (C=O) groups is 2. The number of likely N-dealkylation sites (tertiary alicyclic amines) is 1. The highest BCUT2D eigenvalue weighted by atomic mass is 16.5. The maximum Gasteiger partial charge on any atom is 0.308 e. The molecule has 6 heteroatoms. The van der Waals surface area contributed by atoms with Gasteiger partial charge >= 0.3 is 5.97 Å². The van der Waals surface area contributed by atoms with Crippen molar-refractivity contribution in [3.05, 3.63) is 23.8 Å². The monoisotopic (exact) mass is 361 g/mol. The zero-order chi connectivity index (χ0) is 18.7. The molecule has 0 aromatic heterocycles. The molecular weight excluding hydrogens is 334 g/mol. The summed E-state index contributed by atoms with van der Waals surface area (Å²) in [6, 6.07) is 5.20. The van der Waals surface area contributed by atoms with Gasteiger partial charge in [0.25, 0.3) is 5.91 Å². The third-order valence-electron chi connectivity index (χ3n) is 5.15. The molecule has 0 radical (unpaired) electrons. The minimum Gasteiger partial charge on any atom is -0.490 e. The molecule has 2 atom stereocenters. The van der Waals surface area contributed by atoms with Crippen LogP contribution in [0.3, 0.4) is 0 Å². The molecule has 142 valence electrons. The molecule has 2 fully saturated rings. The maximum absolute atomic E-state index is 12.9. The van der Waals surface area contributed by atoms with E-state index in [0.717, 1.165) is 19.3 Å². The van der Waals surface area contributed by atoms with Gasteiger partial charge in [-0.15, -0.1) is 0 Å². The first-order valence-electron chi connectivity index (χ1n) is 9.46. The van der Waals surface area contributed by atoms with Crippen molar-refractivity contribution in [2.45, 2.75) is 33.1 Å². The van der Waals surface area contributed by atoms with Gasteiger partial charge in [0.15, 0.2) is 11.5 Å². The van der Waals surface area contributed by atoms with Crippen LogP contribution in [-0.2, 0) is 4.79 Å². The van der Waals surface area contributed by atoms with Crippen LogP contribution < -0.4 is 9.47 Å². The molecule has 2 aliphatic rings. The number of benzene rings is 1. The number of amides is 1. The molecular formula is C20H27NO5. The van der Waals surface area contributed by atoms with E-state index in [1.807, 2.05) is 13.8 Å². The minimum absolute atomic E-state index is 0.0787. The summed E-state index contributed by atoms with van der Waals surface area (Å²) in [4.78, 5) is 26.2. The van der Waals surface area contributed by atoms with Gasteiger partial charge in [-0.2, -0.15) is 0 Å². The van der Waals surface area contributed by atoms with E-state index < -0.39 is 11.9 Å². The van der Waals surface area contributed by atoms with Crippen molar-refractivity contribution in [3.8, 4) is 11.5 Å². The fraction of sp³-hybridized carbons (Fsp3) is 0.600. The van der Waals surface area contributed by atoms with Crippen LogP contribution in [0.2, 0.25) is 0 Å². The molecule has 1 N–H and O–H groups in total. The van der Waals surface area contributed by atoms with Crippen LogP contribution >= 0.6 is 0 Å². The summed E-state index contributed by atoms with van der Waals surface area (Å²) in [6.45, 7) is 5.79. The van der Waals surface area contributed by atoms with Crippen LogP contribution in [0, 0.1) is 17.8 Å². The molecule has 3 rings (SSSR count). The second kappa shape index (κ2) is 7.98. The molecule has 1 aromatic rings. The lowest BCUT2D eigenvalue weighted by atomic mass is 9.92. The maximum atomic E-state index is 12.9. The Morgan fingerprint density at radius 2 is 1.92 bits per heavy atom. The molecule has 0 spiro atoms. The fourth-order valence-electron chi connectivity index (χ4n) is 3.68. The second-order valence-corrected chi connectivity index (χ2v) is 7.10. The van der Waals surface area contributed by atoms with Crippen LogP contribution in [0.5, 0.6) is 11.5 Å². The van der Waals surface area contributed by atoms with Gasteiger partial charge in [-0.25, -0.2) is 0 Å². The Hall–Kier alpha value is -2.24. The van der Waals surface area contributed by atoms with Crippen LogP contribution in [0.1, 0.15) is 43.5 Å². The summed E-state index contributed by atoms with van der Waals surface area (Å²) in [5, 5.41) is 9.49. The van der Waals surface area contributed by atoms with Crippen molar-refractivity contribution in [3.63, 3.8) is 0 Å². The van der Waals surface area contributed by atoms with E-state index in [0.29, 0.717) is 42.7 Å². The Morgan fingerprint density at radius 1 is 1.15 bits per heavy atom. The average Bonchev–Trinajstić information content (AvgIpc) is 3.38. The van der Waals surface area contributed by atoms with Gasteiger partial charge < -0.3 is 19.5 Å². The summed E-state index contributed by atoms with van der Waals surface area (Å²) >= 11 is 0. The number of aliphatic carboxylic acids is 1. The van der Waals surface area contributed by atoms with E-state index in [9.17, 15) is 14.7 Å². The number of carboxylic acids is 1. The lowest BCUT2D eigenvalue weighted by Gasteiger charge is -2.18. The van der Waals surface area contributed by atoms with E-state index in [2.05, 4.69) is 0 Å². The molecule has 26 heavy (non-hydrogen) atoms. The number of carbonyl (C=O) groups excluding carboxylic acids is 1. The zero-order valence-electron chi connectivity index (χ0n) is 15.4. The third kappa shape index (κ3) is 3.94. The van der Waals surface area contributed by atoms with Crippen molar-refractivity contribution in [1.29, 1.82) is 0 Å². The number of ether oxygens (including phenoxy) is 2. The largest absolute Gasteiger partial charge is 0.490 e. The van der Waals surface area contributed by atoms with Crippen molar-refractivity contribution >= 4 is 11.9 Å². The second-order valence-electron chi connectivity index (χ2n) is 7.10. The van der Waals surface area contributed by atoms with Crippen LogP contribution in [0.4, 0.5) is 0 Å². The Morgan fingerprint density at radius 3 is 2.54 bits per heavy atom. The van der Waals surface area contributed by atoms with Gasteiger partial charge in [0, 0.05) is 18.7 Å². The fourth-order valence-corrected chi connectivity index (χ4v) is 3.68. The standard InChI is InChI=1S/C20H27NO5/c1-3-9-26-17-8-7-14(10-18(17)25-4-2)19(22)21-11-15(13-5-6-13)16(12-21)20(23)24/h7-8,10,13,15-16H,3-6,9,11-12H2,1-2H3,(H,23,24)/t15-,16+/m1/s1. The van der Waals surface area contributed by atoms with Crippen molar-refractivity contribution < 1.29 is 24.2 Å². The molecule has 1 aliphatic carbocycles. The molecule has 1 aromatic carbocycles. The SMILES string of the molecule is CCCOc1ccc(C(=O)N2C[C@H](C(=O)O)[C@@H](C3CC3)C2)cc1OCC. The molecule has 0 bridgehead atoms. The highest BCUT2D eigenvalue weighted by molar-refractivity contribution is 5.95. The first-order chi connectivity index (χ1) is 12.5. The Bertz CT molecular complexity index is 670. The lowest BCUT2D eigenvalue weighted by Crippen LogP contribution is -2.30. The third-order valence-corrected chi connectivity index (χ3v) is 5.15. The number of hydrogen-bond acceptors (Lipinski definition) is 4. The molecule has 0 unspecified atom stereocenters. The van der Waals surface area contributed by atoms with Crippen molar-refractivity contribution in [2.75, 3.05) is 26.3 Å². The normalized spacial score (nSPS) is 22.3. The number of rotatable bonds is 8. The highest BCUT2D eigenvalue weighted by Gasteiger charge is 2.46. The number of nitrogens with zero attached hydrogens (tertiary/aromatic N) is 1. The topological polar surface area (TPSA) is 76.1 Å². The zero-order valence-corrected chi connectivity index (χ0v) is 15.4. The molecule has 1 heterocycles. The smallest absolute Gasteiger partial charge is 0.308 e. The van der Waals surface area contributed by atoms with E-state index in [1.165, 1.54) is 0 Å². The van der Waals surface area contributed by atoms with E-state index >= 15 is 0 Å². The van der Waals surface area contributed by atoms with Crippen LogP contribution in [-0.4, -0.2) is 48.2 Å². The Balaban J connectivity index is 1.76. The molecule has 6 nitrogen and oxygen atoms in total. The summed E-state index contributed by atoms with van der Waals surface area (Å²) in [7, 11) is 0. The first kappa shape index (κ1) is 18.5. The van der Waals surface area contributed by atoms with Gasteiger partial charge in [-0.05, 0) is 56.2 Å². The number of carboxylic acid groups (broad SMARTS) is 1. The van der Waals surface area contributed by atoms with Crippen LogP contribution in [0.15, 0.2) is 18.2 Å². The van der Waals surface area contributed by atoms with E-state index in [4.69, 9.17) is 9.47 Å². The van der Waals surface area contributed by atoms with Gasteiger partial charge in [0.1, 0.15) is 0 Å². The van der Waals surface area contributed by atoms with E-state index in [-0.39, 0.29) is 18.4 Å². The molecule has 1 saturated carbocycles. The minimum atomic E-state index is -0.796. The summed E-state index contributed by atoms with van der Waals surface area (Å²) < 4.78 is 11.3. The molecule has 1 amide bonds. The lowest BCUT2D eigenvalue weighted by molar-refractivity contribution is -0.142. The molecule has 1 saturated heterocycles. The first-order valence-corrected chi connectivity index (χ1v) is 9.46. The van der Waals surface area contributed by atoms with Crippen molar-refractivity contribution in [1.82, 2.24) is 4.90 Å². The summed E-state index contributed by atoms with van der Waals surface area (Å²) in [5.74, 6) is 0.334. The highest BCUT2D eigenvalue weighted by Crippen LogP contribution is 2.44. The van der Waals surface area contributed by atoms with Gasteiger partial charge in [0.2, 0.25) is 0 Å². The predicted molar refractivity (Wildman–Crippen MR) is 96.6 cm³/mol. The summed E-state index contributed by atoms with van der Waals surface area (Å²) in [6.07, 6.45) is 3.04. The molecule has 1 aliphatic heterocycles. The predicted octanol–water partition coefficient (Wildman–Crippen LogP) is 3.06. The van der Waals surface area contributed by atoms with Gasteiger partial charge in [-0.3, -0.25) is 9.59 Å². The quantitative estimate of drug-likeness (QED) is 0.770. The summed E-state index contributed by atoms with van der Waals surface area (Å²) in [5.41, 5.74) is 0.512. The Labute approximate surface area is 154 Å².